The molecule has 0 aliphatic carbocycles. The number of methoxy groups -OCH3 is 2. The number of halogens is 1. The van der Waals surface area contributed by atoms with Gasteiger partial charge < -0.3 is 14.4 Å². The predicted molar refractivity (Wildman–Crippen MR) is 100 cm³/mol. The van der Waals surface area contributed by atoms with Gasteiger partial charge in [-0.05, 0) is 25.0 Å². The van der Waals surface area contributed by atoms with Crippen LogP contribution in [0.4, 0.5) is 0 Å². The highest BCUT2D eigenvalue weighted by Gasteiger charge is 2.33. The minimum absolute atomic E-state index is 0.118. The van der Waals surface area contributed by atoms with Crippen molar-refractivity contribution in [3.05, 3.63) is 40.7 Å². The Morgan fingerprint density at radius 3 is 2.46 bits per heavy atom. The average molecular weight is 378 g/mol. The number of hydrogen-bond acceptors (Lipinski definition) is 4. The predicted octanol–water partition coefficient (Wildman–Crippen LogP) is 3.85. The van der Waals surface area contributed by atoms with Gasteiger partial charge in [-0.1, -0.05) is 30.5 Å². The van der Waals surface area contributed by atoms with Gasteiger partial charge in [-0.3, -0.25) is 9.48 Å². The Balaban J connectivity index is 2.04. The molecular weight excluding hydrogens is 354 g/mol. The van der Waals surface area contributed by atoms with Crippen molar-refractivity contribution in [3.8, 4) is 11.5 Å². The van der Waals surface area contributed by atoms with E-state index in [0.29, 0.717) is 28.6 Å². The first-order valence-electron chi connectivity index (χ1n) is 8.77. The molecule has 1 amide bonds. The van der Waals surface area contributed by atoms with E-state index in [2.05, 4.69) is 5.10 Å². The van der Waals surface area contributed by atoms with Crippen molar-refractivity contribution in [2.75, 3.05) is 20.8 Å². The summed E-state index contributed by atoms with van der Waals surface area (Å²) in [7, 11) is 4.95. The maximum atomic E-state index is 13.5. The minimum atomic E-state index is -0.159. The zero-order chi connectivity index (χ0) is 18.7. The lowest BCUT2D eigenvalue weighted by atomic mass is 10.0. The van der Waals surface area contributed by atoms with Crippen molar-refractivity contribution in [2.24, 2.45) is 7.05 Å². The fourth-order valence-corrected chi connectivity index (χ4v) is 3.85. The van der Waals surface area contributed by atoms with Gasteiger partial charge in [-0.25, -0.2) is 0 Å². The number of benzene rings is 1. The van der Waals surface area contributed by atoms with Crippen LogP contribution in [0.1, 0.15) is 47.8 Å². The highest BCUT2D eigenvalue weighted by Crippen LogP contribution is 2.37. The number of rotatable bonds is 4. The van der Waals surface area contributed by atoms with Crippen molar-refractivity contribution in [1.29, 1.82) is 0 Å². The first-order valence-corrected chi connectivity index (χ1v) is 9.15. The van der Waals surface area contributed by atoms with Gasteiger partial charge in [-0.2, -0.15) is 5.10 Å². The lowest BCUT2D eigenvalue weighted by molar-refractivity contribution is 0.0669. The van der Waals surface area contributed by atoms with Gasteiger partial charge in [-0.15, -0.1) is 0 Å². The number of aryl methyl sites for hydroxylation is 1. The molecule has 1 atom stereocenters. The molecule has 1 aliphatic heterocycles. The smallest absolute Gasteiger partial charge is 0.261 e. The SMILES string of the molecule is COc1cccc(OC)c1C(=O)N1CCCCCC1c1nn(C)cc1Cl. The van der Waals surface area contributed by atoms with E-state index in [4.69, 9.17) is 21.1 Å². The summed E-state index contributed by atoms with van der Waals surface area (Å²) in [6.45, 7) is 0.650. The van der Waals surface area contributed by atoms with E-state index >= 15 is 0 Å². The number of amides is 1. The summed E-state index contributed by atoms with van der Waals surface area (Å²) in [5, 5.41) is 5.10. The molecule has 3 rings (SSSR count). The van der Waals surface area contributed by atoms with E-state index in [1.165, 1.54) is 0 Å². The largest absolute Gasteiger partial charge is 0.496 e. The number of likely N-dealkylation sites (tertiary alicyclic amines) is 1. The molecule has 1 saturated heterocycles. The fraction of sp³-hybridized carbons (Fsp3) is 0.474. The Bertz CT molecular complexity index is 768. The molecule has 26 heavy (non-hydrogen) atoms. The maximum Gasteiger partial charge on any atom is 0.261 e. The van der Waals surface area contributed by atoms with E-state index in [1.807, 2.05) is 18.0 Å². The summed E-state index contributed by atoms with van der Waals surface area (Å²) in [6.07, 6.45) is 5.66. The van der Waals surface area contributed by atoms with Gasteiger partial charge >= 0.3 is 0 Å². The number of aromatic nitrogens is 2. The average Bonchev–Trinajstić information content (AvgIpc) is 2.85. The van der Waals surface area contributed by atoms with Crippen LogP contribution in [0, 0.1) is 0 Å². The minimum Gasteiger partial charge on any atom is -0.496 e. The molecule has 7 heteroatoms. The van der Waals surface area contributed by atoms with E-state index < -0.39 is 0 Å². The fourth-order valence-electron chi connectivity index (χ4n) is 3.54. The Morgan fingerprint density at radius 1 is 1.19 bits per heavy atom. The lowest BCUT2D eigenvalue weighted by Crippen LogP contribution is -2.35. The number of carbonyl (C=O) groups is 1. The molecule has 2 heterocycles. The van der Waals surface area contributed by atoms with E-state index in [0.717, 1.165) is 31.4 Å². The van der Waals surface area contributed by atoms with Crippen LogP contribution in [0.5, 0.6) is 11.5 Å². The van der Waals surface area contributed by atoms with Crippen LogP contribution in [0.25, 0.3) is 0 Å². The molecule has 6 nitrogen and oxygen atoms in total. The zero-order valence-electron chi connectivity index (χ0n) is 15.4. The van der Waals surface area contributed by atoms with Gasteiger partial charge in [0.2, 0.25) is 0 Å². The van der Waals surface area contributed by atoms with Gasteiger partial charge in [0.15, 0.2) is 0 Å². The van der Waals surface area contributed by atoms with Crippen molar-refractivity contribution < 1.29 is 14.3 Å². The lowest BCUT2D eigenvalue weighted by Gasteiger charge is -2.30. The third-order valence-electron chi connectivity index (χ3n) is 4.78. The van der Waals surface area contributed by atoms with Crippen LogP contribution in [-0.2, 0) is 7.05 Å². The van der Waals surface area contributed by atoms with Crippen molar-refractivity contribution in [2.45, 2.75) is 31.7 Å². The third kappa shape index (κ3) is 3.51. The molecule has 1 aromatic carbocycles. The topological polar surface area (TPSA) is 56.6 Å². The van der Waals surface area contributed by atoms with Crippen molar-refractivity contribution in [3.63, 3.8) is 0 Å². The molecule has 0 N–H and O–H groups in total. The van der Waals surface area contributed by atoms with Crippen LogP contribution in [0.15, 0.2) is 24.4 Å². The normalized spacial score (nSPS) is 17.7. The molecular formula is C19H24ClN3O3. The summed E-state index contributed by atoms with van der Waals surface area (Å²) >= 11 is 6.39. The molecule has 2 aromatic rings. The molecule has 0 bridgehead atoms. The summed E-state index contributed by atoms with van der Waals surface area (Å²) in [6, 6.07) is 5.20. The molecule has 1 unspecified atom stereocenters. The second kappa shape index (κ2) is 7.99. The molecule has 0 radical (unpaired) electrons. The highest BCUT2D eigenvalue weighted by atomic mass is 35.5. The number of carbonyl (C=O) groups excluding carboxylic acids is 1. The van der Waals surface area contributed by atoms with E-state index in [1.54, 1.807) is 37.2 Å². The summed E-state index contributed by atoms with van der Waals surface area (Å²) in [5.74, 6) is 0.891. The van der Waals surface area contributed by atoms with Crippen LogP contribution in [0.3, 0.4) is 0 Å². The molecule has 1 fully saturated rings. The molecule has 0 saturated carbocycles. The number of ether oxygens (including phenoxy) is 2. The first kappa shape index (κ1) is 18.6. The van der Waals surface area contributed by atoms with Crippen molar-refractivity contribution >= 4 is 17.5 Å². The summed E-state index contributed by atoms with van der Waals surface area (Å²) in [5.41, 5.74) is 1.19. The Hall–Kier alpha value is -2.21. The van der Waals surface area contributed by atoms with Crippen LogP contribution >= 0.6 is 11.6 Å². The van der Waals surface area contributed by atoms with E-state index in [9.17, 15) is 4.79 Å². The number of hydrogen-bond donors (Lipinski definition) is 0. The molecule has 0 spiro atoms. The van der Waals surface area contributed by atoms with Gasteiger partial charge in [0.25, 0.3) is 5.91 Å². The van der Waals surface area contributed by atoms with Crippen LogP contribution < -0.4 is 9.47 Å². The standard InChI is InChI=1S/C19H24ClN3O3/c1-22-12-13(20)18(21-22)14-8-5-4-6-11-23(14)19(24)17-15(25-2)9-7-10-16(17)26-3/h7,9-10,12,14H,4-6,8,11H2,1-3H3. The van der Waals surface area contributed by atoms with Crippen molar-refractivity contribution in [1.82, 2.24) is 14.7 Å². The van der Waals surface area contributed by atoms with E-state index in [-0.39, 0.29) is 11.9 Å². The maximum absolute atomic E-state index is 13.5. The second-order valence-corrected chi connectivity index (χ2v) is 6.84. The van der Waals surface area contributed by atoms with Gasteiger partial charge in [0, 0.05) is 19.8 Å². The summed E-state index contributed by atoms with van der Waals surface area (Å²) in [4.78, 5) is 15.4. The first-order chi connectivity index (χ1) is 12.6. The van der Waals surface area contributed by atoms with Gasteiger partial charge in [0.1, 0.15) is 22.8 Å². The quantitative estimate of drug-likeness (QED) is 0.812. The molecule has 1 aliphatic rings. The second-order valence-electron chi connectivity index (χ2n) is 6.44. The Kier molecular flexibility index (Phi) is 5.71. The molecule has 1 aromatic heterocycles. The van der Waals surface area contributed by atoms with Crippen LogP contribution in [-0.4, -0.2) is 41.4 Å². The Labute approximate surface area is 158 Å². The molecule has 140 valence electrons. The van der Waals surface area contributed by atoms with Crippen LogP contribution in [0.2, 0.25) is 5.02 Å². The Morgan fingerprint density at radius 2 is 1.88 bits per heavy atom. The summed E-state index contributed by atoms with van der Waals surface area (Å²) < 4.78 is 12.5. The zero-order valence-corrected chi connectivity index (χ0v) is 16.1. The number of nitrogens with zero attached hydrogens (tertiary/aromatic N) is 3. The van der Waals surface area contributed by atoms with Gasteiger partial charge in [0.05, 0.1) is 25.3 Å². The highest BCUT2D eigenvalue weighted by molar-refractivity contribution is 6.31. The monoisotopic (exact) mass is 377 g/mol. The third-order valence-corrected chi connectivity index (χ3v) is 5.07.